The molecule has 0 aliphatic heterocycles. The van der Waals surface area contributed by atoms with Gasteiger partial charge in [-0.25, -0.2) is 0 Å². The number of nitro benzene ring substituents is 1. The van der Waals surface area contributed by atoms with Crippen LogP contribution in [0.4, 0.5) is 5.69 Å². The quantitative estimate of drug-likeness (QED) is 0.521. The lowest BCUT2D eigenvalue weighted by molar-refractivity contribution is -0.384. The molecule has 12 heavy (non-hydrogen) atoms. The Labute approximate surface area is 74.4 Å². The maximum atomic E-state index is 10.3. The number of nitro groups is 1. The van der Waals surface area contributed by atoms with E-state index in [1.165, 1.54) is 18.2 Å². The molecule has 1 radical (unpaired) electrons. The molecule has 0 aliphatic rings. The van der Waals surface area contributed by atoms with Crippen LogP contribution < -0.4 is 0 Å². The monoisotopic (exact) mass is 182 g/mol. The molecule has 0 amide bonds. The molecule has 0 atom stereocenters. The van der Waals surface area contributed by atoms with Crippen LogP contribution >= 0.6 is 11.6 Å². The first-order chi connectivity index (χ1) is 5.65. The Balaban J connectivity index is 3.22. The maximum absolute atomic E-state index is 10.3. The van der Waals surface area contributed by atoms with E-state index in [4.69, 9.17) is 11.6 Å². The second kappa shape index (κ2) is 3.36. The molecule has 0 fully saturated rings. The molecule has 0 bridgehead atoms. The van der Waals surface area contributed by atoms with Crippen molar-refractivity contribution in [2.24, 2.45) is 0 Å². The summed E-state index contributed by atoms with van der Waals surface area (Å²) in [5, 5.41) is 10.7. The first-order valence-corrected chi connectivity index (χ1v) is 3.50. The summed E-state index contributed by atoms with van der Waals surface area (Å²) in [6.07, 6.45) is 2.50. The van der Waals surface area contributed by atoms with Crippen molar-refractivity contribution in [3.63, 3.8) is 0 Å². The lowest BCUT2D eigenvalue weighted by Gasteiger charge is -1.95. The highest BCUT2D eigenvalue weighted by atomic mass is 35.5. The van der Waals surface area contributed by atoms with Gasteiger partial charge < -0.3 is 0 Å². The Kier molecular flexibility index (Phi) is 2.45. The highest BCUT2D eigenvalue weighted by molar-refractivity contribution is 6.31. The van der Waals surface area contributed by atoms with Gasteiger partial charge in [0.25, 0.3) is 5.69 Å². The van der Waals surface area contributed by atoms with Crippen LogP contribution in [0.3, 0.4) is 0 Å². The van der Waals surface area contributed by atoms with Crippen LogP contribution in [0.1, 0.15) is 5.56 Å². The molecule has 61 valence electrons. The number of nitrogens with zero attached hydrogens (tertiary/aromatic N) is 1. The van der Waals surface area contributed by atoms with E-state index in [1.54, 1.807) is 0 Å². The van der Waals surface area contributed by atoms with Gasteiger partial charge in [0, 0.05) is 22.7 Å². The molecular weight excluding hydrogens is 178 g/mol. The topological polar surface area (TPSA) is 43.1 Å². The van der Waals surface area contributed by atoms with Gasteiger partial charge in [-0.1, -0.05) is 18.2 Å². The van der Waals surface area contributed by atoms with Crippen LogP contribution in [0.25, 0.3) is 0 Å². The average Bonchev–Trinajstić information content (AvgIpc) is 2.05. The fourth-order valence-corrected chi connectivity index (χ4v) is 0.947. The zero-order chi connectivity index (χ0) is 9.14. The number of rotatable bonds is 2. The normalized spacial score (nSPS) is 9.42. The Morgan fingerprint density at radius 1 is 1.58 bits per heavy atom. The minimum Gasteiger partial charge on any atom is -0.258 e. The summed E-state index contributed by atoms with van der Waals surface area (Å²) in [5.74, 6) is 0. The van der Waals surface area contributed by atoms with Crippen molar-refractivity contribution in [1.29, 1.82) is 0 Å². The van der Waals surface area contributed by atoms with Gasteiger partial charge in [0.2, 0.25) is 0 Å². The third-order valence-corrected chi connectivity index (χ3v) is 1.68. The predicted octanol–water partition coefficient (Wildman–Crippen LogP) is 2.59. The van der Waals surface area contributed by atoms with Gasteiger partial charge in [0.05, 0.1) is 4.92 Å². The van der Waals surface area contributed by atoms with E-state index >= 15 is 0 Å². The first-order valence-electron chi connectivity index (χ1n) is 3.12. The summed E-state index contributed by atoms with van der Waals surface area (Å²) in [4.78, 5) is 9.81. The van der Waals surface area contributed by atoms with Gasteiger partial charge in [0.15, 0.2) is 0 Å². The van der Waals surface area contributed by atoms with Gasteiger partial charge in [0.1, 0.15) is 0 Å². The summed E-state index contributed by atoms with van der Waals surface area (Å²) < 4.78 is 0. The van der Waals surface area contributed by atoms with Gasteiger partial charge in [-0.2, -0.15) is 0 Å². The van der Waals surface area contributed by atoms with Crippen LogP contribution in [0.5, 0.6) is 0 Å². The largest absolute Gasteiger partial charge is 0.270 e. The second-order valence-corrected chi connectivity index (χ2v) is 2.51. The number of benzene rings is 1. The van der Waals surface area contributed by atoms with Crippen LogP contribution in [-0.2, 0) is 0 Å². The Hall–Kier alpha value is -1.35. The van der Waals surface area contributed by atoms with Crippen molar-refractivity contribution >= 4 is 17.3 Å². The fourth-order valence-electron chi connectivity index (χ4n) is 0.762. The van der Waals surface area contributed by atoms with E-state index < -0.39 is 4.92 Å². The Morgan fingerprint density at radius 2 is 2.25 bits per heavy atom. The summed E-state index contributed by atoms with van der Waals surface area (Å²) in [6, 6.07) is 4.12. The van der Waals surface area contributed by atoms with Gasteiger partial charge in [-0.05, 0) is 12.1 Å². The van der Waals surface area contributed by atoms with Crippen LogP contribution in [-0.4, -0.2) is 4.92 Å². The molecule has 0 spiro atoms. The average molecular weight is 183 g/mol. The standard InChI is InChI=1S/C8H5ClNO2/c1-2-6-5-7(10(11)12)3-4-8(6)9/h3-5H,1H2. The van der Waals surface area contributed by atoms with Gasteiger partial charge in [-0.3, -0.25) is 10.1 Å². The van der Waals surface area contributed by atoms with Crippen molar-refractivity contribution in [2.75, 3.05) is 0 Å². The van der Waals surface area contributed by atoms with E-state index in [2.05, 4.69) is 12.7 Å². The summed E-state index contributed by atoms with van der Waals surface area (Å²) >= 11 is 5.68. The molecular formula is C8H5ClNO2. The summed E-state index contributed by atoms with van der Waals surface area (Å²) in [6.45, 7) is 3.36. The third kappa shape index (κ3) is 1.62. The maximum Gasteiger partial charge on any atom is 0.270 e. The number of halogens is 1. The summed E-state index contributed by atoms with van der Waals surface area (Å²) in [5.41, 5.74) is 0.441. The number of hydrogen-bond donors (Lipinski definition) is 0. The molecule has 3 nitrogen and oxygen atoms in total. The van der Waals surface area contributed by atoms with Crippen LogP contribution in [0, 0.1) is 16.2 Å². The molecule has 0 heterocycles. The van der Waals surface area contributed by atoms with Gasteiger partial charge >= 0.3 is 0 Å². The second-order valence-electron chi connectivity index (χ2n) is 2.10. The molecule has 0 saturated carbocycles. The van der Waals surface area contributed by atoms with E-state index in [0.717, 1.165) is 0 Å². The minimum atomic E-state index is -0.489. The molecule has 4 heteroatoms. The smallest absolute Gasteiger partial charge is 0.258 e. The highest BCUT2D eigenvalue weighted by Crippen LogP contribution is 2.21. The molecule has 0 aliphatic carbocycles. The molecule has 0 saturated heterocycles. The predicted molar refractivity (Wildman–Crippen MR) is 46.1 cm³/mol. The zero-order valence-electron chi connectivity index (χ0n) is 6.08. The van der Waals surface area contributed by atoms with Crippen LogP contribution in [0.2, 0.25) is 5.02 Å². The van der Waals surface area contributed by atoms with Crippen molar-refractivity contribution in [2.45, 2.75) is 0 Å². The van der Waals surface area contributed by atoms with E-state index in [-0.39, 0.29) is 5.69 Å². The van der Waals surface area contributed by atoms with E-state index in [0.29, 0.717) is 10.6 Å². The third-order valence-electron chi connectivity index (χ3n) is 1.35. The fraction of sp³-hybridized carbons (Fsp3) is 0. The van der Waals surface area contributed by atoms with E-state index in [9.17, 15) is 10.1 Å². The Bertz CT molecular complexity index is 336. The SMILES string of the molecule is C=[C]c1cc([N+](=O)[O-])ccc1Cl. The molecule has 0 N–H and O–H groups in total. The van der Waals surface area contributed by atoms with Crippen molar-refractivity contribution in [1.82, 2.24) is 0 Å². The molecule has 1 aromatic carbocycles. The first kappa shape index (κ1) is 8.74. The highest BCUT2D eigenvalue weighted by Gasteiger charge is 2.06. The van der Waals surface area contributed by atoms with Crippen molar-refractivity contribution in [3.05, 3.63) is 51.6 Å². The summed E-state index contributed by atoms with van der Waals surface area (Å²) in [7, 11) is 0. The Morgan fingerprint density at radius 3 is 2.75 bits per heavy atom. The van der Waals surface area contributed by atoms with Crippen molar-refractivity contribution in [3.8, 4) is 0 Å². The molecule has 0 unspecified atom stereocenters. The van der Waals surface area contributed by atoms with E-state index in [1.807, 2.05) is 0 Å². The molecule has 1 aromatic rings. The molecule has 1 rings (SSSR count). The number of hydrogen-bond acceptors (Lipinski definition) is 2. The molecule has 0 aromatic heterocycles. The minimum absolute atomic E-state index is 0.00875. The zero-order valence-corrected chi connectivity index (χ0v) is 6.84. The lowest BCUT2D eigenvalue weighted by Crippen LogP contribution is -1.88. The van der Waals surface area contributed by atoms with Crippen molar-refractivity contribution < 1.29 is 4.92 Å². The van der Waals surface area contributed by atoms with Crippen LogP contribution in [0.15, 0.2) is 24.8 Å². The van der Waals surface area contributed by atoms with Gasteiger partial charge in [-0.15, -0.1) is 0 Å². The number of non-ortho nitro benzene ring substituents is 1. The lowest BCUT2D eigenvalue weighted by atomic mass is 10.2.